The summed E-state index contributed by atoms with van der Waals surface area (Å²) in [5.74, 6) is 1.51. The number of carbonyl (C=O) groups excluding carboxylic acids is 2. The van der Waals surface area contributed by atoms with Crippen molar-refractivity contribution in [2.75, 3.05) is 42.9 Å². The minimum Gasteiger partial charge on any atom is -0.493 e. The zero-order valence-electron chi connectivity index (χ0n) is 25.3. The maximum absolute atomic E-state index is 12.9. The first-order valence-corrected chi connectivity index (χ1v) is 14.8. The van der Waals surface area contributed by atoms with Gasteiger partial charge in [-0.05, 0) is 86.6 Å². The predicted molar refractivity (Wildman–Crippen MR) is 171 cm³/mol. The van der Waals surface area contributed by atoms with Gasteiger partial charge in [-0.25, -0.2) is 9.79 Å². The van der Waals surface area contributed by atoms with Crippen molar-refractivity contribution in [1.29, 1.82) is 0 Å². The maximum atomic E-state index is 12.9. The van der Waals surface area contributed by atoms with Gasteiger partial charge in [-0.2, -0.15) is 0 Å². The second kappa shape index (κ2) is 13.6. The van der Waals surface area contributed by atoms with Crippen molar-refractivity contribution in [3.63, 3.8) is 0 Å². The normalized spacial score (nSPS) is 15.5. The molecule has 1 saturated heterocycles. The van der Waals surface area contributed by atoms with Gasteiger partial charge in [0, 0.05) is 47.8 Å². The zero-order chi connectivity index (χ0) is 31.1. The van der Waals surface area contributed by atoms with Crippen LogP contribution >= 0.6 is 0 Å². The molecule has 0 aliphatic carbocycles. The quantitative estimate of drug-likeness (QED) is 0.269. The van der Waals surface area contributed by atoms with E-state index in [0.29, 0.717) is 46.5 Å². The fourth-order valence-electron chi connectivity index (χ4n) is 5.03. The summed E-state index contributed by atoms with van der Waals surface area (Å²) in [5, 5.41) is 19.8. The molecule has 0 saturated carbocycles. The van der Waals surface area contributed by atoms with Crippen LogP contribution in [0.5, 0.6) is 11.5 Å². The average Bonchev–Trinajstić information content (AvgIpc) is 3.53. The number of ether oxygens (including phenoxy) is 1. The number of benzene rings is 2. The van der Waals surface area contributed by atoms with E-state index < -0.39 is 11.4 Å². The number of urea groups is 1. The molecule has 2 aliphatic heterocycles. The van der Waals surface area contributed by atoms with Gasteiger partial charge in [0.1, 0.15) is 23.0 Å². The predicted octanol–water partition coefficient (Wildman–Crippen LogP) is 5.51. The van der Waals surface area contributed by atoms with Crippen molar-refractivity contribution >= 4 is 29.1 Å². The Balaban J connectivity index is 1.22. The molecule has 2 aromatic carbocycles. The highest BCUT2D eigenvalue weighted by Crippen LogP contribution is 2.34. The standard InChI is InChI=1S/C33H39N7O4/c1-33(2,3)29-31(42)40(25-10-6-23(7-11-25)30(41)35-18-21-39-19-4-5-20-39)22-28(37-29)38-32(43)36-24-8-12-26(13-9-24)44-27-14-16-34-17-15-27/h6-17,42H,4-5,18-22H2,1-3H3,(H,35,41)(H2,36,37,38,43). The van der Waals surface area contributed by atoms with Gasteiger partial charge in [0.15, 0.2) is 0 Å². The van der Waals surface area contributed by atoms with E-state index >= 15 is 0 Å². The van der Waals surface area contributed by atoms with Gasteiger partial charge >= 0.3 is 6.03 Å². The van der Waals surface area contributed by atoms with Gasteiger partial charge in [0.2, 0.25) is 5.88 Å². The van der Waals surface area contributed by atoms with E-state index in [1.54, 1.807) is 78.0 Å². The monoisotopic (exact) mass is 597 g/mol. The molecule has 3 heterocycles. The van der Waals surface area contributed by atoms with Gasteiger partial charge in [-0.15, -0.1) is 0 Å². The number of nitrogens with one attached hydrogen (secondary N) is 3. The minimum atomic E-state index is -0.508. The summed E-state index contributed by atoms with van der Waals surface area (Å²) in [6.45, 7) is 9.57. The highest BCUT2D eigenvalue weighted by Gasteiger charge is 2.31. The number of amides is 3. The number of amidine groups is 1. The second-order valence-corrected chi connectivity index (χ2v) is 11.8. The summed E-state index contributed by atoms with van der Waals surface area (Å²) in [6, 6.07) is 17.1. The molecule has 2 aliphatic rings. The van der Waals surface area contributed by atoms with Gasteiger partial charge in [0.05, 0.1) is 6.54 Å². The molecule has 0 atom stereocenters. The summed E-state index contributed by atoms with van der Waals surface area (Å²) in [5.41, 5.74) is 1.70. The number of hydrogen-bond acceptors (Lipinski definition) is 8. The van der Waals surface area contributed by atoms with E-state index in [0.717, 1.165) is 19.6 Å². The largest absolute Gasteiger partial charge is 0.493 e. The van der Waals surface area contributed by atoms with Crippen LogP contribution < -0.4 is 25.6 Å². The number of allylic oxidation sites excluding steroid dienone is 1. The Kier molecular flexibility index (Phi) is 9.44. The van der Waals surface area contributed by atoms with Gasteiger partial charge < -0.3 is 30.3 Å². The molecular weight excluding hydrogens is 558 g/mol. The van der Waals surface area contributed by atoms with Crippen molar-refractivity contribution in [3.05, 3.63) is 90.2 Å². The van der Waals surface area contributed by atoms with Crippen molar-refractivity contribution in [3.8, 4) is 11.5 Å². The molecule has 0 spiro atoms. The first kappa shape index (κ1) is 30.6. The van der Waals surface area contributed by atoms with E-state index in [-0.39, 0.29) is 18.3 Å². The Hall–Kier alpha value is -4.90. The fraction of sp³-hybridized carbons (Fsp3) is 0.333. The Morgan fingerprint density at radius 1 is 0.909 bits per heavy atom. The molecule has 1 aromatic heterocycles. The summed E-state index contributed by atoms with van der Waals surface area (Å²) < 4.78 is 5.78. The third kappa shape index (κ3) is 7.93. The summed E-state index contributed by atoms with van der Waals surface area (Å²) in [6.07, 6.45) is 5.73. The van der Waals surface area contributed by atoms with Crippen molar-refractivity contribution in [2.24, 2.45) is 10.4 Å². The number of aromatic nitrogens is 1. The molecule has 3 aromatic rings. The number of likely N-dealkylation sites (tertiary alicyclic amines) is 1. The first-order chi connectivity index (χ1) is 21.2. The van der Waals surface area contributed by atoms with Crippen LogP contribution in [-0.4, -0.2) is 65.5 Å². The number of hydrogen-bond donors (Lipinski definition) is 4. The number of aliphatic imine (C=N–C) groups is 1. The number of aliphatic hydroxyl groups excluding tert-OH is 1. The fourth-order valence-corrected chi connectivity index (χ4v) is 5.03. The molecule has 11 heteroatoms. The Labute approximate surface area is 257 Å². The Bertz CT molecular complexity index is 1510. The van der Waals surface area contributed by atoms with Crippen LogP contribution in [0.2, 0.25) is 0 Å². The van der Waals surface area contributed by atoms with Crippen LogP contribution in [0, 0.1) is 5.41 Å². The molecule has 5 rings (SSSR count). The van der Waals surface area contributed by atoms with Crippen LogP contribution in [0.15, 0.2) is 89.6 Å². The third-order valence-corrected chi connectivity index (χ3v) is 7.34. The zero-order valence-corrected chi connectivity index (χ0v) is 25.3. The minimum absolute atomic E-state index is 0.00365. The van der Waals surface area contributed by atoms with Crippen LogP contribution in [0.25, 0.3) is 0 Å². The molecule has 230 valence electrons. The molecular formula is C33H39N7O4. The smallest absolute Gasteiger partial charge is 0.324 e. The highest BCUT2D eigenvalue weighted by molar-refractivity contribution is 6.05. The molecule has 4 N–H and O–H groups in total. The lowest BCUT2D eigenvalue weighted by molar-refractivity contribution is 0.0949. The lowest BCUT2D eigenvalue weighted by Gasteiger charge is -2.33. The maximum Gasteiger partial charge on any atom is 0.324 e. The summed E-state index contributed by atoms with van der Waals surface area (Å²) >= 11 is 0. The van der Waals surface area contributed by atoms with E-state index in [9.17, 15) is 14.7 Å². The highest BCUT2D eigenvalue weighted by atomic mass is 16.5. The summed E-state index contributed by atoms with van der Waals surface area (Å²) in [4.78, 5) is 38.2. The van der Waals surface area contributed by atoms with Crippen LogP contribution in [0.4, 0.5) is 16.2 Å². The SMILES string of the molecule is CC(C)(C)C1=C(O)N(c2ccc(C(=O)NCCN3CCCC3)cc2)CC(NC(=O)Nc2ccc(Oc3ccncc3)cc2)=N1. The van der Waals surface area contributed by atoms with Crippen molar-refractivity contribution in [1.82, 2.24) is 20.5 Å². The van der Waals surface area contributed by atoms with E-state index in [1.165, 1.54) is 12.8 Å². The molecule has 0 unspecified atom stereocenters. The van der Waals surface area contributed by atoms with Crippen LogP contribution in [-0.2, 0) is 0 Å². The first-order valence-electron chi connectivity index (χ1n) is 14.8. The Morgan fingerprint density at radius 2 is 1.57 bits per heavy atom. The van der Waals surface area contributed by atoms with Gasteiger partial charge in [-0.3, -0.25) is 15.1 Å². The lowest BCUT2D eigenvalue weighted by atomic mass is 9.91. The third-order valence-electron chi connectivity index (χ3n) is 7.34. The lowest BCUT2D eigenvalue weighted by Crippen LogP contribution is -2.45. The number of carbonyl (C=O) groups is 2. The van der Waals surface area contributed by atoms with Crippen molar-refractivity contribution < 1.29 is 19.4 Å². The Morgan fingerprint density at radius 3 is 2.23 bits per heavy atom. The summed E-state index contributed by atoms with van der Waals surface area (Å²) in [7, 11) is 0. The van der Waals surface area contributed by atoms with E-state index in [2.05, 4.69) is 30.8 Å². The van der Waals surface area contributed by atoms with Gasteiger partial charge in [0.25, 0.3) is 5.91 Å². The molecule has 1 fully saturated rings. The van der Waals surface area contributed by atoms with E-state index in [4.69, 9.17) is 4.74 Å². The molecule has 44 heavy (non-hydrogen) atoms. The number of anilines is 2. The molecule has 11 nitrogen and oxygen atoms in total. The van der Waals surface area contributed by atoms with Crippen LogP contribution in [0.3, 0.4) is 0 Å². The van der Waals surface area contributed by atoms with Crippen LogP contribution in [0.1, 0.15) is 44.0 Å². The number of aliphatic hydroxyl groups is 1. The number of nitrogens with zero attached hydrogens (tertiary/aromatic N) is 4. The average molecular weight is 598 g/mol. The van der Waals surface area contributed by atoms with Crippen molar-refractivity contribution in [2.45, 2.75) is 33.6 Å². The topological polar surface area (TPSA) is 131 Å². The number of rotatable bonds is 8. The number of pyridine rings is 1. The van der Waals surface area contributed by atoms with E-state index in [1.807, 2.05) is 20.8 Å². The second-order valence-electron chi connectivity index (χ2n) is 11.8. The van der Waals surface area contributed by atoms with Gasteiger partial charge in [-0.1, -0.05) is 20.8 Å². The molecule has 3 amide bonds. The molecule has 0 bridgehead atoms. The molecule has 0 radical (unpaired) electrons.